The Kier molecular flexibility index (Phi) is 5.10. The van der Waals surface area contributed by atoms with Crippen LogP contribution in [0.1, 0.15) is 36.9 Å². The molecule has 0 saturated heterocycles. The summed E-state index contributed by atoms with van der Waals surface area (Å²) in [5.41, 5.74) is 2.26. The first kappa shape index (κ1) is 14.4. The van der Waals surface area contributed by atoms with Gasteiger partial charge in [-0.15, -0.1) is 0 Å². The molecule has 0 aromatic carbocycles. The third-order valence-electron chi connectivity index (χ3n) is 3.80. The molecule has 5 heteroatoms. The van der Waals surface area contributed by atoms with Crippen molar-refractivity contribution < 1.29 is 0 Å². The largest absolute Gasteiger partial charge is 0.296 e. The second-order valence-electron chi connectivity index (χ2n) is 5.08. The summed E-state index contributed by atoms with van der Waals surface area (Å²) < 4.78 is 1.77. The van der Waals surface area contributed by atoms with Crippen LogP contribution in [0, 0.1) is 6.92 Å². The minimum atomic E-state index is 0.750. The second-order valence-corrected chi connectivity index (χ2v) is 6.23. The number of aryl methyl sites for hydroxylation is 2. The van der Waals surface area contributed by atoms with Crippen molar-refractivity contribution in [1.82, 2.24) is 14.7 Å². The van der Waals surface area contributed by atoms with E-state index in [0.29, 0.717) is 0 Å². The molecule has 1 fully saturated rings. The summed E-state index contributed by atoms with van der Waals surface area (Å²) in [4.78, 5) is 2.57. The van der Waals surface area contributed by atoms with Crippen LogP contribution in [0.3, 0.4) is 0 Å². The molecule has 0 aliphatic heterocycles. The van der Waals surface area contributed by atoms with Crippen LogP contribution < -0.4 is 0 Å². The predicted molar refractivity (Wildman–Crippen MR) is 79.4 cm³/mol. The third-order valence-corrected chi connectivity index (χ3v) is 4.83. The third kappa shape index (κ3) is 3.09. The lowest BCUT2D eigenvalue weighted by Gasteiger charge is -2.37. The molecule has 1 aromatic rings. The van der Waals surface area contributed by atoms with Gasteiger partial charge in [0.25, 0.3) is 0 Å². The number of aromatic nitrogens is 2. The van der Waals surface area contributed by atoms with Crippen molar-refractivity contribution in [3.8, 4) is 0 Å². The number of alkyl halides is 1. The molecule has 3 nitrogen and oxygen atoms in total. The van der Waals surface area contributed by atoms with E-state index in [2.05, 4.69) is 25.9 Å². The standard InChI is InChI=1S/C13H21BrClN3/c1-10-12(13(15)17(2)16-10)9-18(8-4-7-14)11-5-3-6-11/h11H,3-9H2,1-2H3. The zero-order chi connectivity index (χ0) is 13.1. The number of hydrogen-bond acceptors (Lipinski definition) is 2. The summed E-state index contributed by atoms with van der Waals surface area (Å²) in [5.74, 6) is 0. The van der Waals surface area contributed by atoms with Gasteiger partial charge < -0.3 is 0 Å². The van der Waals surface area contributed by atoms with Crippen LogP contribution in [0.4, 0.5) is 0 Å². The summed E-state index contributed by atoms with van der Waals surface area (Å²) in [6.07, 6.45) is 5.22. The van der Waals surface area contributed by atoms with Gasteiger partial charge in [0.2, 0.25) is 0 Å². The molecule has 2 rings (SSSR count). The van der Waals surface area contributed by atoms with Gasteiger partial charge in [-0.25, -0.2) is 0 Å². The molecule has 1 aromatic heterocycles. The Balaban J connectivity index is 2.07. The molecular weight excluding hydrogens is 314 g/mol. The normalized spacial score (nSPS) is 16.3. The van der Waals surface area contributed by atoms with Crippen molar-refractivity contribution >= 4 is 27.5 Å². The average molecular weight is 335 g/mol. The molecule has 1 aliphatic rings. The Morgan fingerprint density at radius 3 is 2.67 bits per heavy atom. The van der Waals surface area contributed by atoms with E-state index in [1.54, 1.807) is 4.68 Å². The first-order chi connectivity index (χ1) is 8.63. The maximum Gasteiger partial charge on any atom is 0.131 e. The van der Waals surface area contributed by atoms with E-state index in [1.165, 1.54) is 31.2 Å². The van der Waals surface area contributed by atoms with Crippen molar-refractivity contribution in [2.45, 2.75) is 45.2 Å². The molecule has 0 spiro atoms. The first-order valence-electron chi connectivity index (χ1n) is 6.61. The Bertz CT molecular complexity index is 401. The quantitative estimate of drug-likeness (QED) is 0.742. The van der Waals surface area contributed by atoms with Gasteiger partial charge in [0.15, 0.2) is 0 Å². The van der Waals surface area contributed by atoms with E-state index in [-0.39, 0.29) is 0 Å². The molecule has 0 N–H and O–H groups in total. The van der Waals surface area contributed by atoms with Crippen molar-refractivity contribution in [3.05, 3.63) is 16.4 Å². The Morgan fingerprint density at radius 1 is 1.50 bits per heavy atom. The van der Waals surface area contributed by atoms with Gasteiger partial charge in [-0.1, -0.05) is 34.0 Å². The summed E-state index contributed by atoms with van der Waals surface area (Å²) >= 11 is 9.84. The van der Waals surface area contributed by atoms with Crippen LogP contribution in [0.15, 0.2) is 0 Å². The molecule has 102 valence electrons. The van der Waals surface area contributed by atoms with E-state index >= 15 is 0 Å². The van der Waals surface area contributed by atoms with E-state index in [0.717, 1.165) is 35.3 Å². The SMILES string of the molecule is Cc1nn(C)c(Cl)c1CN(CCCBr)C1CCC1. The van der Waals surface area contributed by atoms with Gasteiger partial charge in [0, 0.05) is 30.5 Å². The lowest BCUT2D eigenvalue weighted by atomic mass is 9.91. The van der Waals surface area contributed by atoms with Crippen LogP contribution in [0.5, 0.6) is 0 Å². The number of nitrogens with zero attached hydrogens (tertiary/aromatic N) is 3. The molecule has 0 unspecified atom stereocenters. The summed E-state index contributed by atoms with van der Waals surface area (Å²) in [5, 5.41) is 6.25. The zero-order valence-corrected chi connectivity index (χ0v) is 13.5. The van der Waals surface area contributed by atoms with Gasteiger partial charge in [-0.05, 0) is 32.7 Å². The van der Waals surface area contributed by atoms with Crippen LogP contribution in [-0.2, 0) is 13.6 Å². The minimum Gasteiger partial charge on any atom is -0.296 e. The van der Waals surface area contributed by atoms with E-state index in [9.17, 15) is 0 Å². The van der Waals surface area contributed by atoms with E-state index < -0.39 is 0 Å². The molecule has 0 amide bonds. The monoisotopic (exact) mass is 333 g/mol. The highest BCUT2D eigenvalue weighted by Crippen LogP contribution is 2.29. The fraction of sp³-hybridized carbons (Fsp3) is 0.769. The van der Waals surface area contributed by atoms with Crippen molar-refractivity contribution in [1.29, 1.82) is 0 Å². The molecule has 0 atom stereocenters. The van der Waals surface area contributed by atoms with Gasteiger partial charge in [0.05, 0.1) is 5.69 Å². The van der Waals surface area contributed by atoms with Gasteiger partial charge in [-0.3, -0.25) is 9.58 Å². The molecule has 0 radical (unpaired) electrons. The smallest absolute Gasteiger partial charge is 0.131 e. The fourth-order valence-corrected chi connectivity index (χ4v) is 2.95. The average Bonchev–Trinajstić information content (AvgIpc) is 2.50. The Hall–Kier alpha value is -0.0600. The summed E-state index contributed by atoms with van der Waals surface area (Å²) in [7, 11) is 1.91. The minimum absolute atomic E-state index is 0.750. The maximum atomic E-state index is 6.32. The van der Waals surface area contributed by atoms with Crippen LogP contribution in [-0.4, -0.2) is 32.6 Å². The number of halogens is 2. The van der Waals surface area contributed by atoms with Gasteiger partial charge >= 0.3 is 0 Å². The Morgan fingerprint density at radius 2 is 2.22 bits per heavy atom. The zero-order valence-electron chi connectivity index (χ0n) is 11.1. The topological polar surface area (TPSA) is 21.1 Å². The second kappa shape index (κ2) is 6.40. The molecule has 1 aliphatic carbocycles. The van der Waals surface area contributed by atoms with Crippen LogP contribution in [0.25, 0.3) is 0 Å². The molecule has 1 heterocycles. The Labute approximate surface area is 123 Å². The van der Waals surface area contributed by atoms with Crippen molar-refractivity contribution in [2.24, 2.45) is 7.05 Å². The van der Waals surface area contributed by atoms with Crippen LogP contribution in [0.2, 0.25) is 5.15 Å². The highest BCUT2D eigenvalue weighted by Gasteiger charge is 2.26. The lowest BCUT2D eigenvalue weighted by molar-refractivity contribution is 0.120. The highest BCUT2D eigenvalue weighted by atomic mass is 79.9. The van der Waals surface area contributed by atoms with Crippen molar-refractivity contribution in [2.75, 3.05) is 11.9 Å². The van der Waals surface area contributed by atoms with E-state index in [1.807, 2.05) is 14.0 Å². The summed E-state index contributed by atoms with van der Waals surface area (Å²) in [6.45, 7) is 4.13. The fourth-order valence-electron chi connectivity index (χ4n) is 2.46. The lowest BCUT2D eigenvalue weighted by Crippen LogP contribution is -2.40. The number of rotatable bonds is 6. The first-order valence-corrected chi connectivity index (χ1v) is 8.11. The summed E-state index contributed by atoms with van der Waals surface area (Å²) in [6, 6.07) is 0.750. The van der Waals surface area contributed by atoms with Crippen LogP contribution >= 0.6 is 27.5 Å². The molecule has 0 bridgehead atoms. The number of hydrogen-bond donors (Lipinski definition) is 0. The highest BCUT2D eigenvalue weighted by molar-refractivity contribution is 9.09. The van der Waals surface area contributed by atoms with Gasteiger partial charge in [-0.2, -0.15) is 5.10 Å². The van der Waals surface area contributed by atoms with Gasteiger partial charge in [0.1, 0.15) is 5.15 Å². The molecule has 18 heavy (non-hydrogen) atoms. The van der Waals surface area contributed by atoms with E-state index in [4.69, 9.17) is 11.6 Å². The predicted octanol–water partition coefficient (Wildman–Crippen LogP) is 3.52. The molecular formula is C13H21BrClN3. The molecule has 1 saturated carbocycles. The maximum absolute atomic E-state index is 6.32. The van der Waals surface area contributed by atoms with Crippen molar-refractivity contribution in [3.63, 3.8) is 0 Å².